The van der Waals surface area contributed by atoms with Crippen LogP contribution in [0.25, 0.3) is 0 Å². The summed E-state index contributed by atoms with van der Waals surface area (Å²) < 4.78 is 8.94. The van der Waals surface area contributed by atoms with Gasteiger partial charge in [0.2, 0.25) is 0 Å². The van der Waals surface area contributed by atoms with Gasteiger partial charge in [-0.05, 0) is 43.1 Å². The molecule has 0 aliphatic heterocycles. The van der Waals surface area contributed by atoms with E-state index >= 15 is 0 Å². The lowest BCUT2D eigenvalue weighted by molar-refractivity contribution is 0.299. The highest BCUT2D eigenvalue weighted by molar-refractivity contribution is 9.10. The Morgan fingerprint density at radius 3 is 3.00 bits per heavy atom. The molecular weight excluding hydrogens is 306 g/mol. The number of aromatic nitrogens is 2. The van der Waals surface area contributed by atoms with Crippen molar-refractivity contribution in [1.29, 1.82) is 0 Å². The molecule has 0 spiro atoms. The van der Waals surface area contributed by atoms with E-state index in [0.717, 1.165) is 35.2 Å². The van der Waals surface area contributed by atoms with E-state index in [2.05, 4.69) is 27.0 Å². The van der Waals surface area contributed by atoms with Crippen molar-refractivity contribution >= 4 is 15.9 Å². The first-order valence-electron chi connectivity index (χ1n) is 6.36. The van der Waals surface area contributed by atoms with Crippen molar-refractivity contribution in [2.75, 3.05) is 13.2 Å². The zero-order valence-electron chi connectivity index (χ0n) is 10.8. The lowest BCUT2D eigenvalue weighted by Gasteiger charge is -2.11. The second-order valence-corrected chi connectivity index (χ2v) is 5.21. The molecule has 1 aromatic heterocycles. The van der Waals surface area contributed by atoms with E-state index in [1.165, 1.54) is 0 Å². The summed E-state index contributed by atoms with van der Waals surface area (Å²) >= 11 is 3.47. The van der Waals surface area contributed by atoms with Gasteiger partial charge in [-0.15, -0.1) is 0 Å². The number of nitrogens with zero attached hydrogens (tertiary/aromatic N) is 2. The minimum atomic E-state index is 0.627. The quantitative estimate of drug-likeness (QED) is 0.797. The Hall–Kier alpha value is -1.33. The van der Waals surface area contributed by atoms with E-state index in [-0.39, 0.29) is 0 Å². The molecule has 2 aromatic rings. The Labute approximate surface area is 121 Å². The molecule has 0 saturated carbocycles. The van der Waals surface area contributed by atoms with Crippen molar-refractivity contribution in [3.63, 3.8) is 0 Å². The maximum absolute atomic E-state index is 5.83. The molecule has 0 amide bonds. The van der Waals surface area contributed by atoms with Crippen LogP contribution in [0, 0.1) is 0 Å². The largest absolute Gasteiger partial charge is 0.493 e. The molecule has 0 unspecified atom stereocenters. The van der Waals surface area contributed by atoms with Gasteiger partial charge in [0.25, 0.3) is 0 Å². The van der Waals surface area contributed by atoms with Crippen LogP contribution < -0.4 is 10.5 Å². The summed E-state index contributed by atoms with van der Waals surface area (Å²) in [4.78, 5) is 4.01. The van der Waals surface area contributed by atoms with E-state index < -0.39 is 0 Å². The molecule has 0 saturated heterocycles. The monoisotopic (exact) mass is 323 g/mol. The number of nitrogens with two attached hydrogens (primary N) is 1. The minimum absolute atomic E-state index is 0.627. The van der Waals surface area contributed by atoms with E-state index in [1.54, 1.807) is 6.20 Å². The van der Waals surface area contributed by atoms with Crippen molar-refractivity contribution in [3.8, 4) is 5.75 Å². The Morgan fingerprint density at radius 1 is 1.37 bits per heavy atom. The molecule has 2 N–H and O–H groups in total. The molecule has 0 fully saturated rings. The Balaban J connectivity index is 1.84. The molecule has 102 valence electrons. The zero-order valence-corrected chi connectivity index (χ0v) is 12.3. The summed E-state index contributed by atoms with van der Waals surface area (Å²) in [6.07, 6.45) is 7.35. The third-order valence-electron chi connectivity index (χ3n) is 2.81. The summed E-state index contributed by atoms with van der Waals surface area (Å²) in [5.41, 5.74) is 6.77. The fourth-order valence-corrected chi connectivity index (χ4v) is 2.30. The number of hydrogen-bond donors (Lipinski definition) is 1. The van der Waals surface area contributed by atoms with Crippen LogP contribution in [-0.2, 0) is 13.0 Å². The van der Waals surface area contributed by atoms with Gasteiger partial charge in [0.1, 0.15) is 5.75 Å². The van der Waals surface area contributed by atoms with Gasteiger partial charge < -0.3 is 15.0 Å². The van der Waals surface area contributed by atoms with Crippen molar-refractivity contribution < 1.29 is 4.74 Å². The zero-order chi connectivity index (χ0) is 13.5. The number of ether oxygens (including phenoxy) is 1. The number of rotatable bonds is 7. The maximum atomic E-state index is 5.83. The predicted molar refractivity (Wildman–Crippen MR) is 79.2 cm³/mol. The van der Waals surface area contributed by atoms with Gasteiger partial charge in [0, 0.05) is 23.4 Å². The summed E-state index contributed by atoms with van der Waals surface area (Å²) in [7, 11) is 0. The molecule has 0 radical (unpaired) electrons. The molecular formula is C14H18BrN3O. The van der Waals surface area contributed by atoms with Crippen LogP contribution >= 0.6 is 15.9 Å². The SMILES string of the molecule is NCCc1cc(Br)ccc1OCCCn1ccnc1. The first-order chi connectivity index (χ1) is 9.29. The van der Waals surface area contributed by atoms with Gasteiger partial charge in [-0.3, -0.25) is 0 Å². The summed E-state index contributed by atoms with van der Waals surface area (Å²) in [5.74, 6) is 0.930. The second-order valence-electron chi connectivity index (χ2n) is 4.29. The van der Waals surface area contributed by atoms with E-state index in [0.29, 0.717) is 13.2 Å². The lowest BCUT2D eigenvalue weighted by atomic mass is 10.1. The maximum Gasteiger partial charge on any atom is 0.122 e. The number of hydrogen-bond acceptors (Lipinski definition) is 3. The third-order valence-corrected chi connectivity index (χ3v) is 3.31. The molecule has 0 atom stereocenters. The number of aryl methyl sites for hydroxylation is 1. The van der Waals surface area contributed by atoms with Crippen molar-refractivity contribution in [2.24, 2.45) is 5.73 Å². The first kappa shape index (κ1) is 14.1. The van der Waals surface area contributed by atoms with Crippen LogP contribution in [0.1, 0.15) is 12.0 Å². The van der Waals surface area contributed by atoms with E-state index in [9.17, 15) is 0 Å². The summed E-state index contributed by atoms with van der Waals surface area (Å²) in [5, 5.41) is 0. The summed E-state index contributed by atoms with van der Waals surface area (Å²) in [6, 6.07) is 6.05. The van der Waals surface area contributed by atoms with Crippen LogP contribution in [0.2, 0.25) is 0 Å². The molecule has 0 aliphatic rings. The predicted octanol–water partition coefficient (Wildman–Crippen LogP) is 2.62. The third kappa shape index (κ3) is 4.36. The number of benzene rings is 1. The van der Waals surface area contributed by atoms with Crippen molar-refractivity contribution in [1.82, 2.24) is 9.55 Å². The van der Waals surface area contributed by atoms with Crippen LogP contribution in [0.4, 0.5) is 0 Å². The van der Waals surface area contributed by atoms with Gasteiger partial charge in [-0.1, -0.05) is 15.9 Å². The second kappa shape index (κ2) is 7.31. The van der Waals surface area contributed by atoms with Gasteiger partial charge in [0.05, 0.1) is 12.9 Å². The Morgan fingerprint density at radius 2 is 2.26 bits per heavy atom. The minimum Gasteiger partial charge on any atom is -0.493 e. The van der Waals surface area contributed by atoms with Crippen LogP contribution in [-0.4, -0.2) is 22.7 Å². The van der Waals surface area contributed by atoms with Gasteiger partial charge in [-0.25, -0.2) is 4.98 Å². The van der Waals surface area contributed by atoms with Crippen LogP contribution in [0.5, 0.6) is 5.75 Å². The number of imidazole rings is 1. The molecule has 4 nitrogen and oxygen atoms in total. The van der Waals surface area contributed by atoms with Crippen LogP contribution in [0.15, 0.2) is 41.4 Å². The smallest absolute Gasteiger partial charge is 0.122 e. The molecule has 19 heavy (non-hydrogen) atoms. The standard InChI is InChI=1S/C14H18BrN3O/c15-13-2-3-14(12(10-13)4-5-16)19-9-1-7-18-8-6-17-11-18/h2-3,6,8,10-11H,1,4-5,7,9,16H2. The fraction of sp³-hybridized carbons (Fsp3) is 0.357. The average molecular weight is 324 g/mol. The van der Waals surface area contributed by atoms with Gasteiger partial charge in [-0.2, -0.15) is 0 Å². The van der Waals surface area contributed by atoms with E-state index in [4.69, 9.17) is 10.5 Å². The molecule has 0 aliphatic carbocycles. The van der Waals surface area contributed by atoms with Gasteiger partial charge in [0.15, 0.2) is 0 Å². The highest BCUT2D eigenvalue weighted by Crippen LogP contribution is 2.23. The molecule has 5 heteroatoms. The molecule has 0 bridgehead atoms. The lowest BCUT2D eigenvalue weighted by Crippen LogP contribution is -2.07. The molecule has 1 heterocycles. The van der Waals surface area contributed by atoms with Crippen LogP contribution in [0.3, 0.4) is 0 Å². The van der Waals surface area contributed by atoms with Crippen molar-refractivity contribution in [3.05, 3.63) is 47.0 Å². The van der Waals surface area contributed by atoms with Gasteiger partial charge >= 0.3 is 0 Å². The Bertz CT molecular complexity index is 499. The average Bonchev–Trinajstić information content (AvgIpc) is 2.90. The number of halogens is 1. The molecule has 1 aromatic carbocycles. The first-order valence-corrected chi connectivity index (χ1v) is 7.16. The topological polar surface area (TPSA) is 53.1 Å². The fourth-order valence-electron chi connectivity index (χ4n) is 1.89. The van der Waals surface area contributed by atoms with Crippen molar-refractivity contribution in [2.45, 2.75) is 19.4 Å². The highest BCUT2D eigenvalue weighted by Gasteiger charge is 2.04. The van der Waals surface area contributed by atoms with E-state index in [1.807, 2.05) is 29.2 Å². The normalized spacial score (nSPS) is 10.6. The Kier molecular flexibility index (Phi) is 5.42. The summed E-state index contributed by atoms with van der Waals surface area (Å²) in [6.45, 7) is 2.24. The molecule has 2 rings (SSSR count). The highest BCUT2D eigenvalue weighted by atomic mass is 79.9.